The number of hydrogen-bond donors (Lipinski definition) is 1. The van der Waals surface area contributed by atoms with Crippen LogP contribution in [-0.4, -0.2) is 72.7 Å². The van der Waals surface area contributed by atoms with Crippen LogP contribution < -0.4 is 21.3 Å². The molecule has 284 valence electrons. The van der Waals surface area contributed by atoms with E-state index in [9.17, 15) is 23.6 Å². The molecule has 0 spiro atoms. The summed E-state index contributed by atoms with van der Waals surface area (Å²) in [6, 6.07) is 8.73. The summed E-state index contributed by atoms with van der Waals surface area (Å²) in [5.74, 6) is -1.11. The molecule has 54 heavy (non-hydrogen) atoms. The minimum Gasteiger partial charge on any atom is -0.444 e. The number of nitrogens with zero attached hydrogens (tertiary/aromatic N) is 6. The van der Waals surface area contributed by atoms with Crippen molar-refractivity contribution < 1.29 is 27.8 Å². The molecule has 15 heteroatoms. The van der Waals surface area contributed by atoms with Gasteiger partial charge in [-0.15, -0.1) is 0 Å². The van der Waals surface area contributed by atoms with Crippen molar-refractivity contribution in [3.63, 3.8) is 0 Å². The molecule has 1 aliphatic carbocycles. The monoisotopic (exact) mass is 743 g/mol. The van der Waals surface area contributed by atoms with Gasteiger partial charge in [-0.1, -0.05) is 0 Å². The second kappa shape index (κ2) is 15.1. The summed E-state index contributed by atoms with van der Waals surface area (Å²) < 4.78 is 42.7. The van der Waals surface area contributed by atoms with E-state index in [2.05, 4.69) is 20.2 Å². The Bertz CT molecular complexity index is 2170. The van der Waals surface area contributed by atoms with Crippen molar-refractivity contribution in [1.82, 2.24) is 28.9 Å². The first-order valence-corrected chi connectivity index (χ1v) is 18.3. The van der Waals surface area contributed by atoms with Crippen molar-refractivity contribution >= 4 is 17.7 Å². The molecule has 1 N–H and O–H groups in total. The van der Waals surface area contributed by atoms with Gasteiger partial charge in [-0.2, -0.15) is 0 Å². The number of carbonyl (C=O) groups is 2. The van der Waals surface area contributed by atoms with Crippen LogP contribution in [0.3, 0.4) is 0 Å². The number of rotatable bonds is 9. The van der Waals surface area contributed by atoms with Crippen molar-refractivity contribution in [3.8, 4) is 17.3 Å². The van der Waals surface area contributed by atoms with E-state index in [0.717, 1.165) is 72.8 Å². The Kier molecular flexibility index (Phi) is 10.3. The summed E-state index contributed by atoms with van der Waals surface area (Å²) in [5.41, 5.74) is -0.877. The smallest absolute Gasteiger partial charge is 0.410 e. The number of amides is 2. The van der Waals surface area contributed by atoms with Gasteiger partial charge < -0.3 is 19.7 Å². The van der Waals surface area contributed by atoms with Gasteiger partial charge in [0.1, 0.15) is 34.9 Å². The standard InChI is InChI=1S/C39H43F2N7O6/c1-39(2,3)54-38(52)46-16-12-25(13-17-46)19-45-15-14-29-33(22-45)42-23-43-35(29)53-28-10-11-32(31(41)18-28)44-34(49)30-21-47(20-24-4-5-24)37(51)48(36(30)50)27-8-6-26(40)7-9-27/h6-11,18,21,23-25H,4-5,12-17,19-20,22H2,1-3H3,(H,44,49). The molecule has 2 fully saturated rings. The fourth-order valence-electron chi connectivity index (χ4n) is 6.86. The molecule has 4 aromatic rings. The minimum atomic E-state index is -0.910. The molecule has 1 saturated heterocycles. The van der Waals surface area contributed by atoms with Crippen LogP contribution in [-0.2, 0) is 24.2 Å². The Morgan fingerprint density at radius 3 is 2.33 bits per heavy atom. The summed E-state index contributed by atoms with van der Waals surface area (Å²) in [7, 11) is 0. The molecule has 2 aliphatic heterocycles. The van der Waals surface area contributed by atoms with Crippen molar-refractivity contribution in [2.45, 2.75) is 71.6 Å². The zero-order chi connectivity index (χ0) is 38.1. The van der Waals surface area contributed by atoms with Crippen LogP contribution >= 0.6 is 0 Å². The first-order chi connectivity index (χ1) is 25.8. The SMILES string of the molecule is CC(C)(C)OC(=O)N1CCC(CN2CCc3c(ncnc3Oc3ccc(NC(=O)c4cn(CC5CC5)c(=O)n(-c5ccc(F)cc5)c4=O)c(F)c3)C2)CC1. The zero-order valence-electron chi connectivity index (χ0n) is 30.5. The molecule has 4 heterocycles. The van der Waals surface area contributed by atoms with Gasteiger partial charge in [-0.25, -0.2) is 32.9 Å². The van der Waals surface area contributed by atoms with Crippen LogP contribution in [0.15, 0.2) is 64.6 Å². The molecular weight excluding hydrogens is 700 g/mol. The average molecular weight is 744 g/mol. The number of piperidine rings is 1. The Balaban J connectivity index is 1.00. The van der Waals surface area contributed by atoms with E-state index in [4.69, 9.17) is 9.47 Å². The lowest BCUT2D eigenvalue weighted by Crippen LogP contribution is -2.44. The van der Waals surface area contributed by atoms with Crippen molar-refractivity contribution in [2.75, 3.05) is 31.5 Å². The van der Waals surface area contributed by atoms with Gasteiger partial charge in [-0.05, 0) is 101 Å². The number of benzene rings is 2. The van der Waals surface area contributed by atoms with E-state index in [1.165, 1.54) is 41.4 Å². The molecule has 0 radical (unpaired) electrons. The minimum absolute atomic E-state index is 0.107. The van der Waals surface area contributed by atoms with Crippen LogP contribution in [0.4, 0.5) is 19.3 Å². The molecule has 3 aliphatic rings. The highest BCUT2D eigenvalue weighted by atomic mass is 19.1. The largest absolute Gasteiger partial charge is 0.444 e. The van der Waals surface area contributed by atoms with E-state index in [0.29, 0.717) is 44.4 Å². The highest BCUT2D eigenvalue weighted by Crippen LogP contribution is 2.32. The third-order valence-corrected chi connectivity index (χ3v) is 9.87. The summed E-state index contributed by atoms with van der Waals surface area (Å²) >= 11 is 0. The molecule has 2 aromatic carbocycles. The second-order valence-electron chi connectivity index (χ2n) is 15.2. The van der Waals surface area contributed by atoms with Crippen LogP contribution in [0.1, 0.15) is 68.1 Å². The lowest BCUT2D eigenvalue weighted by Gasteiger charge is -2.36. The lowest BCUT2D eigenvalue weighted by molar-refractivity contribution is 0.0167. The Morgan fingerprint density at radius 1 is 0.926 bits per heavy atom. The molecule has 7 rings (SSSR count). The summed E-state index contributed by atoms with van der Waals surface area (Å²) in [6.07, 6.45) is 6.60. The molecule has 0 atom stereocenters. The number of aromatic nitrogens is 4. The number of halogens is 2. The van der Waals surface area contributed by atoms with E-state index in [1.54, 1.807) is 4.90 Å². The highest BCUT2D eigenvalue weighted by Gasteiger charge is 2.30. The fraction of sp³-hybridized carbons (Fsp3) is 0.436. The maximum atomic E-state index is 15.5. The van der Waals surface area contributed by atoms with Gasteiger partial charge in [0.2, 0.25) is 5.88 Å². The molecule has 0 unspecified atom stereocenters. The van der Waals surface area contributed by atoms with Gasteiger partial charge in [0.05, 0.1) is 17.1 Å². The number of likely N-dealkylation sites (tertiary alicyclic amines) is 1. The van der Waals surface area contributed by atoms with E-state index < -0.39 is 34.4 Å². The lowest BCUT2D eigenvalue weighted by atomic mass is 9.95. The summed E-state index contributed by atoms with van der Waals surface area (Å²) in [6.45, 7) is 9.48. The first kappa shape index (κ1) is 36.9. The summed E-state index contributed by atoms with van der Waals surface area (Å²) in [5, 5.41) is 2.45. The fourth-order valence-corrected chi connectivity index (χ4v) is 6.86. The maximum absolute atomic E-state index is 15.5. The number of nitrogens with one attached hydrogen (secondary N) is 1. The van der Waals surface area contributed by atoms with E-state index in [-0.39, 0.29) is 34.7 Å². The number of anilines is 1. The van der Waals surface area contributed by atoms with Crippen LogP contribution in [0.5, 0.6) is 11.6 Å². The van der Waals surface area contributed by atoms with E-state index >= 15 is 4.39 Å². The average Bonchev–Trinajstić information content (AvgIpc) is 3.95. The number of hydrogen-bond acceptors (Lipinski definition) is 9. The van der Waals surface area contributed by atoms with Crippen molar-refractivity contribution in [1.29, 1.82) is 0 Å². The third kappa shape index (κ3) is 8.51. The number of carbonyl (C=O) groups excluding carboxylic acids is 2. The topological polar surface area (TPSA) is 141 Å². The quantitative estimate of drug-likeness (QED) is 0.235. The Hall–Kier alpha value is -5.44. The highest BCUT2D eigenvalue weighted by molar-refractivity contribution is 6.04. The van der Waals surface area contributed by atoms with Crippen molar-refractivity contribution in [2.24, 2.45) is 11.8 Å². The zero-order valence-corrected chi connectivity index (χ0v) is 30.5. The molecule has 1 saturated carbocycles. The van der Waals surface area contributed by atoms with Gasteiger partial charge in [0.15, 0.2) is 0 Å². The predicted octanol–water partition coefficient (Wildman–Crippen LogP) is 5.53. The van der Waals surface area contributed by atoms with Crippen LogP contribution in [0.2, 0.25) is 0 Å². The number of fused-ring (bicyclic) bond motifs is 1. The first-order valence-electron chi connectivity index (χ1n) is 18.3. The summed E-state index contributed by atoms with van der Waals surface area (Å²) in [4.78, 5) is 65.6. The van der Waals surface area contributed by atoms with Crippen LogP contribution in [0.25, 0.3) is 5.69 Å². The molecule has 0 bridgehead atoms. The van der Waals surface area contributed by atoms with Gasteiger partial charge in [0, 0.05) is 57.1 Å². The Morgan fingerprint density at radius 2 is 1.65 bits per heavy atom. The molecule has 2 amide bonds. The third-order valence-electron chi connectivity index (χ3n) is 9.87. The Labute approximate surface area is 310 Å². The van der Waals surface area contributed by atoms with Crippen LogP contribution in [0, 0.1) is 23.5 Å². The molecule has 13 nitrogen and oxygen atoms in total. The molecule has 2 aromatic heterocycles. The van der Waals surface area contributed by atoms with Gasteiger partial charge in [-0.3, -0.25) is 19.1 Å². The number of ether oxygens (including phenoxy) is 2. The predicted molar refractivity (Wildman–Crippen MR) is 195 cm³/mol. The normalized spacial score (nSPS) is 16.5. The second-order valence-corrected chi connectivity index (χ2v) is 15.2. The van der Waals surface area contributed by atoms with Gasteiger partial charge in [0.25, 0.3) is 11.5 Å². The maximum Gasteiger partial charge on any atom is 0.410 e. The van der Waals surface area contributed by atoms with Crippen molar-refractivity contribution in [3.05, 3.63) is 104 Å². The van der Waals surface area contributed by atoms with E-state index in [1.807, 2.05) is 20.8 Å². The van der Waals surface area contributed by atoms with Gasteiger partial charge >= 0.3 is 11.8 Å². The molecular formula is C39H43F2N7O6.